The van der Waals surface area contributed by atoms with E-state index in [1.165, 1.54) is 6.07 Å². The first kappa shape index (κ1) is 10.3. The third kappa shape index (κ3) is 1.41. The van der Waals surface area contributed by atoms with Crippen LogP contribution in [0.1, 0.15) is 12.8 Å². The molecular weight excluding hydrogens is 322 g/mol. The number of nitrogens with one attached hydrogen (secondary N) is 1. The van der Waals surface area contributed by atoms with Crippen LogP contribution in [0.4, 0.5) is 15.8 Å². The Kier molecular flexibility index (Phi) is 2.31. The molecule has 1 aromatic carbocycles. The molecule has 0 bridgehead atoms. The average molecular weight is 332 g/mol. The molecule has 1 atom stereocenters. The number of anilines is 2. The average Bonchev–Trinajstić information content (AvgIpc) is 2.71. The van der Waals surface area contributed by atoms with E-state index >= 15 is 0 Å². The van der Waals surface area contributed by atoms with Gasteiger partial charge < -0.3 is 10.2 Å². The largest absolute Gasteiger partial charge is 0.358 e. The fraction of sp³-hybridized carbons (Fsp3) is 0.364. The van der Waals surface area contributed by atoms with Crippen molar-refractivity contribution < 1.29 is 9.18 Å². The Bertz CT molecular complexity index is 477. The van der Waals surface area contributed by atoms with Crippen LogP contribution >= 0.6 is 22.6 Å². The third-order valence-electron chi connectivity index (χ3n) is 3.16. The lowest BCUT2D eigenvalue weighted by Gasteiger charge is -2.33. The van der Waals surface area contributed by atoms with Crippen molar-refractivity contribution in [2.45, 2.75) is 18.9 Å². The monoisotopic (exact) mass is 332 g/mol. The zero-order valence-corrected chi connectivity index (χ0v) is 10.6. The van der Waals surface area contributed by atoms with E-state index in [0.29, 0.717) is 3.57 Å². The van der Waals surface area contributed by atoms with Gasteiger partial charge in [0.2, 0.25) is 5.91 Å². The molecule has 2 heterocycles. The minimum atomic E-state index is -0.221. The Morgan fingerprint density at radius 1 is 1.50 bits per heavy atom. The summed E-state index contributed by atoms with van der Waals surface area (Å²) in [4.78, 5) is 13.8. The molecule has 0 aliphatic carbocycles. The number of amides is 1. The van der Waals surface area contributed by atoms with Crippen LogP contribution in [0.15, 0.2) is 12.1 Å². The predicted molar refractivity (Wildman–Crippen MR) is 68.1 cm³/mol. The Morgan fingerprint density at radius 3 is 3.12 bits per heavy atom. The van der Waals surface area contributed by atoms with Gasteiger partial charge in [0.1, 0.15) is 11.9 Å². The number of fused-ring (bicyclic) bond motifs is 3. The maximum atomic E-state index is 13.5. The molecule has 2 aliphatic heterocycles. The van der Waals surface area contributed by atoms with Gasteiger partial charge in [-0.3, -0.25) is 4.79 Å². The van der Waals surface area contributed by atoms with Crippen LogP contribution in [-0.4, -0.2) is 18.5 Å². The van der Waals surface area contributed by atoms with Crippen LogP contribution in [0.25, 0.3) is 0 Å². The van der Waals surface area contributed by atoms with Gasteiger partial charge in [-0.1, -0.05) is 0 Å². The molecule has 0 saturated carbocycles. The molecule has 0 spiro atoms. The van der Waals surface area contributed by atoms with Gasteiger partial charge >= 0.3 is 0 Å². The summed E-state index contributed by atoms with van der Waals surface area (Å²) in [6, 6.07) is 3.11. The molecular formula is C11H10FIN2O. The SMILES string of the molecule is O=C1Nc2cc(I)c(F)cc2N2CCCC12. The van der Waals surface area contributed by atoms with Crippen molar-refractivity contribution in [2.75, 3.05) is 16.8 Å². The smallest absolute Gasteiger partial charge is 0.247 e. The van der Waals surface area contributed by atoms with Crippen molar-refractivity contribution in [2.24, 2.45) is 0 Å². The summed E-state index contributed by atoms with van der Waals surface area (Å²) in [6.07, 6.45) is 1.85. The topological polar surface area (TPSA) is 32.3 Å². The Labute approximate surface area is 106 Å². The first-order valence-corrected chi connectivity index (χ1v) is 6.31. The Morgan fingerprint density at radius 2 is 2.31 bits per heavy atom. The molecule has 16 heavy (non-hydrogen) atoms. The van der Waals surface area contributed by atoms with E-state index in [-0.39, 0.29) is 17.8 Å². The van der Waals surface area contributed by atoms with Crippen molar-refractivity contribution in [3.8, 4) is 0 Å². The number of carbonyl (C=O) groups is 1. The highest BCUT2D eigenvalue weighted by Crippen LogP contribution is 2.38. The summed E-state index contributed by atoms with van der Waals surface area (Å²) in [6.45, 7) is 0.838. The summed E-state index contributed by atoms with van der Waals surface area (Å²) >= 11 is 1.93. The molecule has 0 aromatic heterocycles. The molecule has 3 nitrogen and oxygen atoms in total. The number of hydrogen-bond acceptors (Lipinski definition) is 2. The minimum Gasteiger partial charge on any atom is -0.358 e. The first-order chi connectivity index (χ1) is 7.66. The quantitative estimate of drug-likeness (QED) is 0.740. The van der Waals surface area contributed by atoms with Crippen LogP contribution < -0.4 is 10.2 Å². The number of benzene rings is 1. The summed E-state index contributed by atoms with van der Waals surface area (Å²) < 4.78 is 14.1. The standard InChI is InChI=1S/C11H10FIN2O/c12-6-4-10-8(5-7(6)13)14-11(16)9-2-1-3-15(9)10/h4-5,9H,1-3H2,(H,14,16). The van der Waals surface area contributed by atoms with Crippen molar-refractivity contribution >= 4 is 39.9 Å². The lowest BCUT2D eigenvalue weighted by molar-refractivity contribution is -0.117. The number of nitrogens with zero attached hydrogens (tertiary/aromatic N) is 1. The fourth-order valence-corrected chi connectivity index (χ4v) is 2.88. The van der Waals surface area contributed by atoms with Crippen LogP contribution in [0.3, 0.4) is 0 Å². The van der Waals surface area contributed by atoms with E-state index < -0.39 is 0 Å². The highest BCUT2D eigenvalue weighted by atomic mass is 127. The zero-order chi connectivity index (χ0) is 11.3. The lowest BCUT2D eigenvalue weighted by Crippen LogP contribution is -2.44. The van der Waals surface area contributed by atoms with Gasteiger partial charge in [-0.05, 0) is 41.5 Å². The van der Waals surface area contributed by atoms with E-state index in [0.717, 1.165) is 30.8 Å². The number of carbonyl (C=O) groups excluding carboxylic acids is 1. The molecule has 1 amide bonds. The molecule has 1 fully saturated rings. The molecule has 1 saturated heterocycles. The van der Waals surface area contributed by atoms with Crippen molar-refractivity contribution in [1.29, 1.82) is 0 Å². The predicted octanol–water partition coefficient (Wildman–Crippen LogP) is 2.35. The van der Waals surface area contributed by atoms with Crippen molar-refractivity contribution in [3.63, 3.8) is 0 Å². The maximum Gasteiger partial charge on any atom is 0.247 e. The van der Waals surface area contributed by atoms with E-state index in [9.17, 15) is 9.18 Å². The molecule has 1 unspecified atom stereocenters. The van der Waals surface area contributed by atoms with Gasteiger partial charge in [0.05, 0.1) is 14.9 Å². The second-order valence-electron chi connectivity index (χ2n) is 4.12. The highest BCUT2D eigenvalue weighted by molar-refractivity contribution is 14.1. The highest BCUT2D eigenvalue weighted by Gasteiger charge is 2.36. The Hall–Kier alpha value is -0.850. The molecule has 3 rings (SSSR count). The number of rotatable bonds is 0. The van der Waals surface area contributed by atoms with Gasteiger partial charge in [0.15, 0.2) is 0 Å². The molecule has 1 N–H and O–H groups in total. The van der Waals surface area contributed by atoms with E-state index in [2.05, 4.69) is 5.32 Å². The summed E-state index contributed by atoms with van der Waals surface area (Å²) in [5.74, 6) is -0.187. The first-order valence-electron chi connectivity index (χ1n) is 5.23. The van der Waals surface area contributed by atoms with Gasteiger partial charge in [0, 0.05) is 12.6 Å². The van der Waals surface area contributed by atoms with Crippen LogP contribution in [0.5, 0.6) is 0 Å². The molecule has 1 aromatic rings. The van der Waals surface area contributed by atoms with Crippen molar-refractivity contribution in [1.82, 2.24) is 0 Å². The van der Waals surface area contributed by atoms with Crippen LogP contribution in [0.2, 0.25) is 0 Å². The Balaban J connectivity index is 2.14. The lowest BCUT2D eigenvalue weighted by atomic mass is 10.1. The normalized spacial score (nSPS) is 22.8. The summed E-state index contributed by atoms with van der Waals surface area (Å²) in [5.41, 5.74) is 1.55. The number of halogens is 2. The van der Waals surface area contributed by atoms with Crippen LogP contribution in [0, 0.1) is 9.39 Å². The minimum absolute atomic E-state index is 0.0346. The van der Waals surface area contributed by atoms with Crippen LogP contribution in [-0.2, 0) is 4.79 Å². The molecule has 84 valence electrons. The second-order valence-corrected chi connectivity index (χ2v) is 5.29. The molecule has 2 aliphatic rings. The van der Waals surface area contributed by atoms with E-state index in [1.54, 1.807) is 6.07 Å². The maximum absolute atomic E-state index is 13.5. The summed E-state index contributed by atoms with van der Waals surface area (Å²) in [7, 11) is 0. The van der Waals surface area contributed by atoms with Gasteiger partial charge in [-0.15, -0.1) is 0 Å². The zero-order valence-electron chi connectivity index (χ0n) is 8.46. The van der Waals surface area contributed by atoms with E-state index in [1.807, 2.05) is 27.5 Å². The fourth-order valence-electron chi connectivity index (χ4n) is 2.42. The van der Waals surface area contributed by atoms with Gasteiger partial charge in [0.25, 0.3) is 0 Å². The van der Waals surface area contributed by atoms with Gasteiger partial charge in [-0.2, -0.15) is 0 Å². The molecule has 0 radical (unpaired) electrons. The summed E-state index contributed by atoms with van der Waals surface area (Å²) in [5, 5.41) is 2.85. The van der Waals surface area contributed by atoms with Gasteiger partial charge in [-0.25, -0.2) is 4.39 Å². The third-order valence-corrected chi connectivity index (χ3v) is 3.99. The number of hydrogen-bond donors (Lipinski definition) is 1. The second kappa shape index (κ2) is 3.58. The van der Waals surface area contributed by atoms with Crippen molar-refractivity contribution in [3.05, 3.63) is 21.5 Å². The van der Waals surface area contributed by atoms with E-state index in [4.69, 9.17) is 0 Å². The molecule has 5 heteroatoms.